The highest BCUT2D eigenvalue weighted by Gasteiger charge is 2.29. The van der Waals surface area contributed by atoms with Crippen molar-refractivity contribution in [1.82, 2.24) is 10.2 Å². The Balaban J connectivity index is 2.27. The first kappa shape index (κ1) is 25.5. The Morgan fingerprint density at radius 1 is 0.968 bits per heavy atom. The summed E-state index contributed by atoms with van der Waals surface area (Å²) in [5.41, 5.74) is 1.64. The van der Waals surface area contributed by atoms with Gasteiger partial charge in [-0.05, 0) is 55.5 Å². The van der Waals surface area contributed by atoms with Crippen LogP contribution in [0.4, 0.5) is 0 Å². The first-order valence-corrected chi connectivity index (χ1v) is 11.7. The van der Waals surface area contributed by atoms with E-state index in [1.165, 1.54) is 0 Å². The summed E-state index contributed by atoms with van der Waals surface area (Å²) < 4.78 is 0. The molecule has 0 unspecified atom stereocenters. The van der Waals surface area contributed by atoms with Gasteiger partial charge >= 0.3 is 0 Å². The van der Waals surface area contributed by atoms with Crippen LogP contribution in [0.25, 0.3) is 0 Å². The highest BCUT2D eigenvalue weighted by Crippen LogP contribution is 2.25. The van der Waals surface area contributed by atoms with E-state index in [2.05, 4.69) is 5.32 Å². The second-order valence-corrected chi connectivity index (χ2v) is 8.84. The molecule has 0 bridgehead atoms. The standard InChI is InChI=1S/C24H29Cl3N2O2/c1-4-16(3)28-24(31)22(5-2)29(15-18-10-12-19(25)14-21(18)27)23(30)13-11-17-8-6-7-9-20(17)26/h6-10,12,14,16,22H,4-5,11,13,15H2,1-3H3,(H,28,31)/t16-,22+/m0/s1. The van der Waals surface area contributed by atoms with Gasteiger partial charge in [0.2, 0.25) is 11.8 Å². The first-order chi connectivity index (χ1) is 14.8. The molecule has 1 N–H and O–H groups in total. The summed E-state index contributed by atoms with van der Waals surface area (Å²) in [6.07, 6.45) is 2.03. The van der Waals surface area contributed by atoms with Crippen molar-refractivity contribution in [3.05, 3.63) is 68.7 Å². The van der Waals surface area contributed by atoms with Crippen LogP contribution < -0.4 is 5.32 Å². The summed E-state index contributed by atoms with van der Waals surface area (Å²) in [6.45, 7) is 6.08. The minimum Gasteiger partial charge on any atom is -0.352 e. The lowest BCUT2D eigenvalue weighted by Crippen LogP contribution is -2.50. The number of rotatable bonds is 10. The predicted molar refractivity (Wildman–Crippen MR) is 129 cm³/mol. The predicted octanol–water partition coefficient (Wildman–Crippen LogP) is 6.30. The monoisotopic (exact) mass is 482 g/mol. The third kappa shape index (κ3) is 7.41. The van der Waals surface area contributed by atoms with Crippen molar-refractivity contribution in [2.75, 3.05) is 0 Å². The van der Waals surface area contributed by atoms with Crippen molar-refractivity contribution in [2.45, 2.75) is 65.1 Å². The van der Waals surface area contributed by atoms with Crippen LogP contribution in [0.15, 0.2) is 42.5 Å². The molecule has 0 spiro atoms. The number of amides is 2. The zero-order chi connectivity index (χ0) is 23.0. The van der Waals surface area contributed by atoms with Crippen molar-refractivity contribution in [1.29, 1.82) is 0 Å². The Morgan fingerprint density at radius 3 is 2.29 bits per heavy atom. The number of carbonyl (C=O) groups excluding carboxylic acids is 2. The van der Waals surface area contributed by atoms with Gasteiger partial charge in [0.25, 0.3) is 0 Å². The molecule has 31 heavy (non-hydrogen) atoms. The molecular formula is C24H29Cl3N2O2. The average Bonchev–Trinajstić information content (AvgIpc) is 2.74. The van der Waals surface area contributed by atoms with E-state index in [0.29, 0.717) is 27.9 Å². The first-order valence-electron chi connectivity index (χ1n) is 10.5. The molecule has 2 aromatic rings. The van der Waals surface area contributed by atoms with Crippen LogP contribution >= 0.6 is 34.8 Å². The molecule has 2 atom stereocenters. The number of nitrogens with one attached hydrogen (secondary N) is 1. The van der Waals surface area contributed by atoms with E-state index in [1.54, 1.807) is 29.2 Å². The van der Waals surface area contributed by atoms with E-state index in [0.717, 1.165) is 17.5 Å². The van der Waals surface area contributed by atoms with Crippen LogP contribution in [0.3, 0.4) is 0 Å². The molecule has 168 valence electrons. The number of aryl methyl sites for hydroxylation is 1. The molecule has 0 aromatic heterocycles. The minimum atomic E-state index is -0.598. The molecule has 2 amide bonds. The van der Waals surface area contributed by atoms with E-state index in [1.807, 2.05) is 39.0 Å². The molecule has 0 aliphatic heterocycles. The maximum atomic E-state index is 13.3. The van der Waals surface area contributed by atoms with Gasteiger partial charge < -0.3 is 10.2 Å². The fraction of sp³-hybridized carbons (Fsp3) is 0.417. The fourth-order valence-electron chi connectivity index (χ4n) is 3.28. The maximum absolute atomic E-state index is 13.3. The molecule has 0 fully saturated rings. The van der Waals surface area contributed by atoms with Crippen LogP contribution in [0.1, 0.15) is 51.2 Å². The van der Waals surface area contributed by atoms with Gasteiger partial charge in [-0.1, -0.05) is 72.9 Å². The SMILES string of the molecule is CC[C@H](C(=O)N[C@@H](C)CC)N(Cc1ccc(Cl)cc1Cl)C(=O)CCc1ccccc1Cl. The molecule has 7 heteroatoms. The van der Waals surface area contributed by atoms with E-state index < -0.39 is 6.04 Å². The van der Waals surface area contributed by atoms with Crippen molar-refractivity contribution >= 4 is 46.6 Å². The molecule has 0 aliphatic rings. The zero-order valence-electron chi connectivity index (χ0n) is 18.1. The van der Waals surface area contributed by atoms with Gasteiger partial charge in [0.05, 0.1) is 0 Å². The van der Waals surface area contributed by atoms with Crippen LogP contribution in [0.5, 0.6) is 0 Å². The summed E-state index contributed by atoms with van der Waals surface area (Å²) in [4.78, 5) is 27.9. The van der Waals surface area contributed by atoms with Crippen molar-refractivity contribution in [2.24, 2.45) is 0 Å². The lowest BCUT2D eigenvalue weighted by atomic mass is 10.1. The van der Waals surface area contributed by atoms with Crippen LogP contribution in [-0.2, 0) is 22.6 Å². The lowest BCUT2D eigenvalue weighted by molar-refractivity contribution is -0.141. The molecule has 0 saturated heterocycles. The number of benzene rings is 2. The quantitative estimate of drug-likeness (QED) is 0.431. The molecule has 2 aromatic carbocycles. The zero-order valence-corrected chi connectivity index (χ0v) is 20.4. The lowest BCUT2D eigenvalue weighted by Gasteiger charge is -2.32. The van der Waals surface area contributed by atoms with Crippen molar-refractivity contribution < 1.29 is 9.59 Å². The molecule has 0 aliphatic carbocycles. The number of carbonyl (C=O) groups is 2. The van der Waals surface area contributed by atoms with Crippen LogP contribution in [0.2, 0.25) is 15.1 Å². The number of halogens is 3. The Hall–Kier alpha value is -1.75. The smallest absolute Gasteiger partial charge is 0.243 e. The Morgan fingerprint density at radius 2 is 1.68 bits per heavy atom. The molecule has 2 rings (SSSR count). The summed E-state index contributed by atoms with van der Waals surface area (Å²) >= 11 is 18.6. The van der Waals surface area contributed by atoms with Crippen LogP contribution in [0, 0.1) is 0 Å². The van der Waals surface area contributed by atoms with Crippen molar-refractivity contribution in [3.8, 4) is 0 Å². The van der Waals surface area contributed by atoms with Gasteiger partial charge in [0.1, 0.15) is 6.04 Å². The van der Waals surface area contributed by atoms with Crippen molar-refractivity contribution in [3.63, 3.8) is 0 Å². The Bertz CT molecular complexity index is 904. The van der Waals surface area contributed by atoms with Gasteiger partial charge in [0.15, 0.2) is 0 Å². The van der Waals surface area contributed by atoms with Gasteiger partial charge in [0, 0.05) is 34.1 Å². The largest absolute Gasteiger partial charge is 0.352 e. The van der Waals surface area contributed by atoms with E-state index in [4.69, 9.17) is 34.8 Å². The maximum Gasteiger partial charge on any atom is 0.243 e. The minimum absolute atomic E-state index is 0.0285. The number of hydrogen-bond acceptors (Lipinski definition) is 2. The summed E-state index contributed by atoms with van der Waals surface area (Å²) in [6, 6.07) is 12.1. The van der Waals surface area contributed by atoms with Crippen LogP contribution in [-0.4, -0.2) is 28.8 Å². The summed E-state index contributed by atoms with van der Waals surface area (Å²) in [7, 11) is 0. The van der Waals surface area contributed by atoms with Gasteiger partial charge in [-0.15, -0.1) is 0 Å². The fourth-order valence-corrected chi connectivity index (χ4v) is 3.98. The van der Waals surface area contributed by atoms with Gasteiger partial charge in [-0.25, -0.2) is 0 Å². The normalized spacial score (nSPS) is 12.8. The third-order valence-corrected chi connectivity index (χ3v) is 6.26. The highest BCUT2D eigenvalue weighted by molar-refractivity contribution is 6.35. The molecular weight excluding hydrogens is 455 g/mol. The van der Waals surface area contributed by atoms with Gasteiger partial charge in [-0.2, -0.15) is 0 Å². The summed E-state index contributed by atoms with van der Waals surface area (Å²) in [5.74, 6) is -0.287. The highest BCUT2D eigenvalue weighted by atomic mass is 35.5. The van der Waals surface area contributed by atoms with E-state index in [-0.39, 0.29) is 30.8 Å². The van der Waals surface area contributed by atoms with Gasteiger partial charge in [-0.3, -0.25) is 9.59 Å². The second-order valence-electron chi connectivity index (χ2n) is 7.59. The second kappa shape index (κ2) is 12.3. The average molecular weight is 484 g/mol. The Kier molecular flexibility index (Phi) is 10.1. The number of hydrogen-bond donors (Lipinski definition) is 1. The molecule has 4 nitrogen and oxygen atoms in total. The molecule has 0 heterocycles. The topological polar surface area (TPSA) is 49.4 Å². The molecule has 0 radical (unpaired) electrons. The number of nitrogens with zero attached hydrogens (tertiary/aromatic N) is 1. The molecule has 0 saturated carbocycles. The third-order valence-electron chi connectivity index (χ3n) is 5.31. The Labute approximate surface area is 199 Å². The summed E-state index contributed by atoms with van der Waals surface area (Å²) in [5, 5.41) is 4.62. The van der Waals surface area contributed by atoms with E-state index in [9.17, 15) is 9.59 Å². The van der Waals surface area contributed by atoms with E-state index >= 15 is 0 Å².